The van der Waals surface area contributed by atoms with Crippen molar-refractivity contribution >= 4 is 22.1 Å². The summed E-state index contributed by atoms with van der Waals surface area (Å²) >= 11 is 0. The summed E-state index contributed by atoms with van der Waals surface area (Å²) in [5.74, 6) is 0.928. The second-order valence-corrected chi connectivity index (χ2v) is 15.4. The van der Waals surface area contributed by atoms with Crippen molar-refractivity contribution < 1.29 is 0 Å². The molecular formula is C47H42N4. The molecule has 4 nitrogen and oxygen atoms in total. The summed E-state index contributed by atoms with van der Waals surface area (Å²) < 4.78 is 2.24. The molecule has 0 fully saturated rings. The van der Waals surface area contributed by atoms with Gasteiger partial charge < -0.3 is 0 Å². The maximum Gasteiger partial charge on any atom is 0.145 e. The number of para-hydroxylation sites is 3. The highest BCUT2D eigenvalue weighted by atomic mass is 15.1. The Kier molecular flexibility index (Phi) is 7.91. The van der Waals surface area contributed by atoms with Gasteiger partial charge in [-0.2, -0.15) is 0 Å². The second-order valence-electron chi connectivity index (χ2n) is 15.4. The fourth-order valence-electron chi connectivity index (χ4n) is 7.03. The van der Waals surface area contributed by atoms with E-state index in [9.17, 15) is 0 Å². The molecule has 250 valence electrons. The maximum absolute atomic E-state index is 5.35. The minimum atomic E-state index is -0.0257. The van der Waals surface area contributed by atoms with Gasteiger partial charge in [-0.05, 0) is 69.5 Å². The van der Waals surface area contributed by atoms with E-state index in [1.165, 1.54) is 11.1 Å². The number of imidazole rings is 1. The molecule has 0 aliphatic carbocycles. The van der Waals surface area contributed by atoms with Crippen molar-refractivity contribution in [1.29, 1.82) is 0 Å². The largest absolute Gasteiger partial charge is 0.292 e. The zero-order chi connectivity index (χ0) is 35.3. The number of rotatable bonds is 5. The molecule has 0 spiro atoms. The highest BCUT2D eigenvalue weighted by Gasteiger charge is 2.27. The third-order valence-corrected chi connectivity index (χ3v) is 9.68. The first-order valence-corrected chi connectivity index (χ1v) is 17.7. The van der Waals surface area contributed by atoms with E-state index in [-0.39, 0.29) is 10.8 Å². The van der Waals surface area contributed by atoms with Gasteiger partial charge in [-0.3, -0.25) is 4.57 Å². The van der Waals surface area contributed by atoms with E-state index in [2.05, 4.69) is 174 Å². The Morgan fingerprint density at radius 2 is 0.824 bits per heavy atom. The fourth-order valence-corrected chi connectivity index (χ4v) is 7.03. The van der Waals surface area contributed by atoms with E-state index < -0.39 is 0 Å². The molecule has 0 N–H and O–H groups in total. The lowest BCUT2D eigenvalue weighted by Gasteiger charge is -2.30. The van der Waals surface area contributed by atoms with Crippen LogP contribution in [0.1, 0.15) is 52.7 Å². The van der Waals surface area contributed by atoms with Crippen molar-refractivity contribution in [3.05, 3.63) is 157 Å². The van der Waals surface area contributed by atoms with Crippen LogP contribution in [0.25, 0.3) is 72.8 Å². The van der Waals surface area contributed by atoms with Crippen LogP contribution < -0.4 is 0 Å². The quantitative estimate of drug-likeness (QED) is 0.184. The zero-order valence-corrected chi connectivity index (χ0v) is 30.1. The smallest absolute Gasteiger partial charge is 0.145 e. The first kappa shape index (κ1) is 32.3. The molecule has 0 amide bonds. The standard InChI is InChI=1S/C47H42N4/c1-46(2,3)37-29-40-41(30-38(37)47(4,5)6)49-44(43(48-40)33-15-9-7-10-16-33)34-25-21-31(22-26-34)32-23-27-35(28-24-32)45-50-39-19-13-14-20-42(39)51(45)36-17-11-8-12-18-36/h7-30H,1-6H3. The van der Waals surface area contributed by atoms with E-state index >= 15 is 0 Å². The van der Waals surface area contributed by atoms with Crippen molar-refractivity contribution in [3.8, 4) is 50.7 Å². The number of nitrogens with zero attached hydrogens (tertiary/aromatic N) is 4. The van der Waals surface area contributed by atoms with E-state index in [4.69, 9.17) is 15.0 Å². The molecule has 0 unspecified atom stereocenters. The van der Waals surface area contributed by atoms with Crippen molar-refractivity contribution in [3.63, 3.8) is 0 Å². The van der Waals surface area contributed by atoms with Crippen molar-refractivity contribution in [2.45, 2.75) is 52.4 Å². The lowest BCUT2D eigenvalue weighted by atomic mass is 9.75. The van der Waals surface area contributed by atoms with Gasteiger partial charge in [0.15, 0.2) is 0 Å². The van der Waals surface area contributed by atoms with E-state index in [1.807, 2.05) is 18.2 Å². The number of fused-ring (bicyclic) bond motifs is 2. The van der Waals surface area contributed by atoms with Crippen LogP contribution in [-0.2, 0) is 10.8 Å². The summed E-state index contributed by atoms with van der Waals surface area (Å²) in [5.41, 5.74) is 14.8. The summed E-state index contributed by atoms with van der Waals surface area (Å²) in [5, 5.41) is 0. The molecular weight excluding hydrogens is 621 g/mol. The minimum absolute atomic E-state index is 0.0189. The van der Waals surface area contributed by atoms with Crippen LogP contribution in [0.5, 0.6) is 0 Å². The molecule has 0 saturated carbocycles. The number of benzene rings is 6. The molecule has 0 aliphatic heterocycles. The van der Waals surface area contributed by atoms with Gasteiger partial charge in [0.25, 0.3) is 0 Å². The monoisotopic (exact) mass is 662 g/mol. The maximum atomic E-state index is 5.35. The second kappa shape index (κ2) is 12.5. The van der Waals surface area contributed by atoms with Gasteiger partial charge in [-0.25, -0.2) is 15.0 Å². The summed E-state index contributed by atoms with van der Waals surface area (Å²) in [4.78, 5) is 15.7. The lowest BCUT2D eigenvalue weighted by molar-refractivity contribution is 0.531. The summed E-state index contributed by atoms with van der Waals surface area (Å²) in [6.45, 7) is 13.7. The molecule has 0 aliphatic rings. The third-order valence-electron chi connectivity index (χ3n) is 9.68. The molecule has 4 heteroatoms. The predicted octanol–water partition coefficient (Wildman–Crippen LogP) is 12.2. The predicted molar refractivity (Wildman–Crippen MR) is 213 cm³/mol. The SMILES string of the molecule is CC(C)(C)c1cc2nc(-c3ccccc3)c(-c3ccc(-c4ccc(-c5nc6ccccc6n5-c5ccccc5)cc4)cc3)nc2cc1C(C)(C)C. The fraction of sp³-hybridized carbons (Fsp3) is 0.170. The molecule has 2 aromatic heterocycles. The van der Waals surface area contributed by atoms with E-state index in [1.54, 1.807) is 0 Å². The topological polar surface area (TPSA) is 43.6 Å². The van der Waals surface area contributed by atoms with Gasteiger partial charge >= 0.3 is 0 Å². The van der Waals surface area contributed by atoms with Gasteiger partial charge in [0, 0.05) is 22.4 Å². The van der Waals surface area contributed by atoms with Gasteiger partial charge in [0.1, 0.15) is 5.82 Å². The molecule has 6 aromatic carbocycles. The van der Waals surface area contributed by atoms with E-state index in [0.717, 1.165) is 72.8 Å². The van der Waals surface area contributed by atoms with Gasteiger partial charge in [0.05, 0.1) is 33.5 Å². The normalized spacial score (nSPS) is 12.1. The molecule has 0 saturated heterocycles. The average Bonchev–Trinajstić information content (AvgIpc) is 3.54. The van der Waals surface area contributed by atoms with Crippen LogP contribution in [0.4, 0.5) is 0 Å². The Morgan fingerprint density at radius 3 is 1.35 bits per heavy atom. The third kappa shape index (κ3) is 6.12. The average molecular weight is 663 g/mol. The Bertz CT molecular complexity index is 2500. The van der Waals surface area contributed by atoms with Crippen LogP contribution in [0, 0.1) is 0 Å². The highest BCUT2D eigenvalue weighted by Crippen LogP contribution is 2.39. The first-order chi connectivity index (χ1) is 24.5. The van der Waals surface area contributed by atoms with Crippen molar-refractivity contribution in [2.24, 2.45) is 0 Å². The number of hydrogen-bond donors (Lipinski definition) is 0. The molecule has 8 aromatic rings. The molecule has 0 bridgehead atoms. The summed E-state index contributed by atoms with van der Waals surface area (Å²) in [6, 6.07) is 51.1. The Hall–Kier alpha value is -5.87. The van der Waals surface area contributed by atoms with Crippen molar-refractivity contribution in [2.75, 3.05) is 0 Å². The van der Waals surface area contributed by atoms with Crippen LogP contribution in [0.2, 0.25) is 0 Å². The molecule has 2 heterocycles. The first-order valence-electron chi connectivity index (χ1n) is 17.7. The van der Waals surface area contributed by atoms with Crippen molar-refractivity contribution in [1.82, 2.24) is 19.5 Å². The minimum Gasteiger partial charge on any atom is -0.292 e. The summed E-state index contributed by atoms with van der Waals surface area (Å²) in [7, 11) is 0. The Labute approximate surface area is 300 Å². The Balaban J connectivity index is 1.19. The van der Waals surface area contributed by atoms with Gasteiger partial charge in [-0.15, -0.1) is 0 Å². The van der Waals surface area contributed by atoms with Gasteiger partial charge in [0.2, 0.25) is 0 Å². The molecule has 51 heavy (non-hydrogen) atoms. The van der Waals surface area contributed by atoms with Gasteiger partial charge in [-0.1, -0.05) is 151 Å². The van der Waals surface area contributed by atoms with Crippen LogP contribution in [-0.4, -0.2) is 19.5 Å². The number of hydrogen-bond acceptors (Lipinski definition) is 3. The number of aromatic nitrogens is 4. The lowest BCUT2D eigenvalue weighted by Crippen LogP contribution is -2.22. The zero-order valence-electron chi connectivity index (χ0n) is 30.1. The van der Waals surface area contributed by atoms with Crippen LogP contribution in [0.3, 0.4) is 0 Å². The van der Waals surface area contributed by atoms with Crippen LogP contribution in [0.15, 0.2) is 146 Å². The van der Waals surface area contributed by atoms with Crippen LogP contribution >= 0.6 is 0 Å². The Morgan fingerprint density at radius 1 is 0.392 bits per heavy atom. The molecule has 0 atom stereocenters. The molecule has 0 radical (unpaired) electrons. The van der Waals surface area contributed by atoms with E-state index in [0.29, 0.717) is 0 Å². The summed E-state index contributed by atoms with van der Waals surface area (Å²) in [6.07, 6.45) is 0. The molecule has 8 rings (SSSR count). The highest BCUT2D eigenvalue weighted by molar-refractivity contribution is 5.88.